The van der Waals surface area contributed by atoms with Crippen molar-refractivity contribution in [2.45, 2.75) is 32.7 Å². The molecule has 0 aliphatic rings. The standard InChI is InChI=1S/C18H14Cl4N2O.C15H13ClN2/c19-12-4-5-13(17(22)8-12)18(9-24-7-6-23-11-24)25-10-14-15(20)2-1-3-16(14)21;1-11-17-14-4-2-3-5-15(14)18(11)10-12-6-8-13(16)9-7-12/h1-8,11,18H,9-10H2;2-9H,10H2,1H3. The second kappa shape index (κ2) is 14.6. The van der Waals surface area contributed by atoms with Gasteiger partial charge in [0.1, 0.15) is 11.9 Å². The number of hydrogen-bond donors (Lipinski definition) is 0. The second-order valence-electron chi connectivity index (χ2n) is 9.79. The van der Waals surface area contributed by atoms with Crippen LogP contribution in [-0.2, 0) is 24.4 Å². The number of aryl methyl sites for hydroxylation is 1. The number of ether oxygens (including phenoxy) is 1. The molecule has 1 unspecified atom stereocenters. The normalized spacial score (nSPS) is 11.8. The van der Waals surface area contributed by atoms with E-state index in [1.54, 1.807) is 42.9 Å². The van der Waals surface area contributed by atoms with Crippen molar-refractivity contribution in [3.63, 3.8) is 0 Å². The summed E-state index contributed by atoms with van der Waals surface area (Å²) in [6.07, 6.45) is 4.99. The lowest BCUT2D eigenvalue weighted by molar-refractivity contribution is 0.0281. The monoisotopic (exact) mass is 670 g/mol. The number of imidazole rings is 2. The third kappa shape index (κ3) is 8.12. The smallest absolute Gasteiger partial charge is 0.107 e. The molecule has 220 valence electrons. The molecule has 1 atom stereocenters. The summed E-state index contributed by atoms with van der Waals surface area (Å²) in [5.74, 6) is 1.03. The maximum Gasteiger partial charge on any atom is 0.107 e. The Balaban J connectivity index is 0.000000180. The minimum absolute atomic E-state index is 0.261. The number of rotatable bonds is 8. The Bertz CT molecular complexity index is 1780. The topological polar surface area (TPSA) is 44.9 Å². The Kier molecular flexibility index (Phi) is 10.7. The lowest BCUT2D eigenvalue weighted by atomic mass is 10.1. The van der Waals surface area contributed by atoms with Crippen molar-refractivity contribution in [3.05, 3.63) is 151 Å². The van der Waals surface area contributed by atoms with Crippen LogP contribution < -0.4 is 0 Å². The van der Waals surface area contributed by atoms with Gasteiger partial charge >= 0.3 is 0 Å². The van der Waals surface area contributed by atoms with Crippen LogP contribution in [0.2, 0.25) is 25.1 Å². The van der Waals surface area contributed by atoms with E-state index in [0.29, 0.717) is 26.6 Å². The molecule has 0 amide bonds. The molecule has 2 aromatic heterocycles. The van der Waals surface area contributed by atoms with E-state index in [0.717, 1.165) is 34.0 Å². The quantitative estimate of drug-likeness (QED) is 0.162. The second-order valence-corrected chi connectivity index (χ2v) is 11.9. The van der Waals surface area contributed by atoms with Gasteiger partial charge in [-0.25, -0.2) is 9.97 Å². The highest BCUT2D eigenvalue weighted by molar-refractivity contribution is 6.36. The van der Waals surface area contributed by atoms with Crippen LogP contribution in [0.5, 0.6) is 0 Å². The van der Waals surface area contributed by atoms with Crippen LogP contribution in [0.4, 0.5) is 0 Å². The minimum atomic E-state index is -0.314. The summed E-state index contributed by atoms with van der Waals surface area (Å²) >= 11 is 30.7. The maximum absolute atomic E-state index is 6.37. The first-order chi connectivity index (χ1) is 20.8. The van der Waals surface area contributed by atoms with Crippen molar-refractivity contribution in [1.82, 2.24) is 19.1 Å². The summed E-state index contributed by atoms with van der Waals surface area (Å²) in [6.45, 7) is 3.67. The number of halogens is 5. The summed E-state index contributed by atoms with van der Waals surface area (Å²) in [5, 5.41) is 3.02. The molecule has 4 aromatic carbocycles. The molecule has 0 N–H and O–H groups in total. The molecular weight excluding hydrogens is 646 g/mol. The van der Waals surface area contributed by atoms with Crippen molar-refractivity contribution in [1.29, 1.82) is 0 Å². The van der Waals surface area contributed by atoms with Gasteiger partial charge in [-0.1, -0.05) is 94.4 Å². The molecule has 0 aliphatic heterocycles. The molecule has 2 heterocycles. The Morgan fingerprint density at radius 2 is 1.51 bits per heavy atom. The van der Waals surface area contributed by atoms with Crippen LogP contribution in [0.25, 0.3) is 11.0 Å². The summed E-state index contributed by atoms with van der Waals surface area (Å²) < 4.78 is 10.3. The van der Waals surface area contributed by atoms with Crippen LogP contribution in [0.1, 0.15) is 28.6 Å². The Morgan fingerprint density at radius 3 is 2.21 bits per heavy atom. The third-order valence-corrected chi connectivity index (χ3v) is 8.36. The molecule has 6 rings (SSSR count). The Hall–Kier alpha value is -3.03. The molecule has 10 heteroatoms. The number of benzene rings is 4. The summed E-state index contributed by atoms with van der Waals surface area (Å²) in [6, 6.07) is 26.9. The van der Waals surface area contributed by atoms with E-state index < -0.39 is 0 Å². The predicted molar refractivity (Wildman–Crippen MR) is 178 cm³/mol. The van der Waals surface area contributed by atoms with Crippen molar-refractivity contribution in [2.75, 3.05) is 0 Å². The molecule has 0 saturated carbocycles. The Labute approximate surface area is 275 Å². The van der Waals surface area contributed by atoms with E-state index in [1.807, 2.05) is 54.1 Å². The fourth-order valence-electron chi connectivity index (χ4n) is 4.61. The van der Waals surface area contributed by atoms with Gasteiger partial charge in [0.15, 0.2) is 0 Å². The molecule has 0 saturated heterocycles. The van der Waals surface area contributed by atoms with Crippen LogP contribution in [0.3, 0.4) is 0 Å². The number of nitrogens with zero attached hydrogens (tertiary/aromatic N) is 4. The highest BCUT2D eigenvalue weighted by atomic mass is 35.5. The summed E-state index contributed by atoms with van der Waals surface area (Å²) in [7, 11) is 0. The molecule has 43 heavy (non-hydrogen) atoms. The molecule has 5 nitrogen and oxygen atoms in total. The van der Waals surface area contributed by atoms with Gasteiger partial charge in [-0.15, -0.1) is 0 Å². The zero-order valence-corrected chi connectivity index (χ0v) is 26.9. The van der Waals surface area contributed by atoms with Gasteiger partial charge in [0.25, 0.3) is 0 Å². The van der Waals surface area contributed by atoms with E-state index in [4.69, 9.17) is 62.7 Å². The molecular formula is C33H27Cl5N4O. The van der Waals surface area contributed by atoms with E-state index in [9.17, 15) is 0 Å². The molecule has 0 radical (unpaired) electrons. The number of para-hydroxylation sites is 2. The highest BCUT2D eigenvalue weighted by Crippen LogP contribution is 2.32. The Morgan fingerprint density at radius 1 is 0.791 bits per heavy atom. The first kappa shape index (κ1) is 31.4. The van der Waals surface area contributed by atoms with Gasteiger partial charge in [0.05, 0.1) is 30.5 Å². The zero-order valence-electron chi connectivity index (χ0n) is 23.1. The van der Waals surface area contributed by atoms with Gasteiger partial charge < -0.3 is 13.9 Å². The third-order valence-electron chi connectivity index (χ3n) is 6.84. The van der Waals surface area contributed by atoms with Crippen LogP contribution >= 0.6 is 58.0 Å². The highest BCUT2D eigenvalue weighted by Gasteiger charge is 2.18. The van der Waals surface area contributed by atoms with E-state index in [1.165, 1.54) is 11.1 Å². The fourth-order valence-corrected chi connectivity index (χ4v) is 5.77. The lowest BCUT2D eigenvalue weighted by Gasteiger charge is -2.21. The van der Waals surface area contributed by atoms with Gasteiger partial charge in [0.2, 0.25) is 0 Å². The first-order valence-corrected chi connectivity index (χ1v) is 15.3. The zero-order chi connectivity index (χ0) is 30.3. The van der Waals surface area contributed by atoms with Crippen LogP contribution in [0.15, 0.2) is 104 Å². The van der Waals surface area contributed by atoms with Gasteiger partial charge in [0, 0.05) is 55.2 Å². The maximum atomic E-state index is 6.37. The average Bonchev–Trinajstić information content (AvgIpc) is 3.61. The summed E-state index contributed by atoms with van der Waals surface area (Å²) in [5.41, 5.74) is 5.02. The van der Waals surface area contributed by atoms with Crippen LogP contribution in [-0.4, -0.2) is 19.1 Å². The van der Waals surface area contributed by atoms with Gasteiger partial charge in [-0.3, -0.25) is 0 Å². The fraction of sp³-hybridized carbons (Fsp3) is 0.152. The molecule has 0 spiro atoms. The van der Waals surface area contributed by atoms with Crippen molar-refractivity contribution in [3.8, 4) is 0 Å². The SMILES string of the molecule is Cc1nc2ccccc2n1Cc1ccc(Cl)cc1.Clc1ccc(C(Cn2ccnc2)OCc2c(Cl)cccc2Cl)c(Cl)c1. The molecule has 0 fully saturated rings. The van der Waals surface area contributed by atoms with E-state index in [-0.39, 0.29) is 12.7 Å². The lowest BCUT2D eigenvalue weighted by Crippen LogP contribution is -2.13. The number of fused-ring (bicyclic) bond motifs is 1. The molecule has 6 aromatic rings. The number of aromatic nitrogens is 4. The molecule has 0 bridgehead atoms. The van der Waals surface area contributed by atoms with E-state index in [2.05, 4.69) is 32.7 Å². The molecule has 0 aliphatic carbocycles. The summed E-state index contributed by atoms with van der Waals surface area (Å²) in [4.78, 5) is 8.63. The van der Waals surface area contributed by atoms with Gasteiger partial charge in [-0.05, 0) is 61.0 Å². The van der Waals surface area contributed by atoms with Crippen molar-refractivity contribution in [2.24, 2.45) is 0 Å². The first-order valence-electron chi connectivity index (χ1n) is 13.4. The largest absolute Gasteiger partial charge is 0.367 e. The minimum Gasteiger partial charge on any atom is -0.367 e. The predicted octanol–water partition coefficient (Wildman–Crippen LogP) is 10.5. The van der Waals surface area contributed by atoms with Gasteiger partial charge in [-0.2, -0.15) is 0 Å². The van der Waals surface area contributed by atoms with Crippen LogP contribution in [0, 0.1) is 6.92 Å². The average molecular weight is 673 g/mol. The van der Waals surface area contributed by atoms with Crippen molar-refractivity contribution < 1.29 is 4.74 Å². The number of hydrogen-bond acceptors (Lipinski definition) is 3. The van der Waals surface area contributed by atoms with Crippen molar-refractivity contribution >= 4 is 69.0 Å². The van der Waals surface area contributed by atoms with E-state index >= 15 is 0 Å².